The van der Waals surface area contributed by atoms with Gasteiger partial charge in [-0.25, -0.2) is 0 Å². The number of rotatable bonds is 3. The van der Waals surface area contributed by atoms with E-state index in [2.05, 4.69) is 36.9 Å². The minimum Gasteiger partial charge on any atom is -0.122 e. The lowest BCUT2D eigenvalue weighted by Crippen LogP contribution is -2.25. The van der Waals surface area contributed by atoms with Crippen LogP contribution >= 0.6 is 11.6 Å². The first-order valence-corrected chi connectivity index (χ1v) is 6.13. The van der Waals surface area contributed by atoms with Crippen LogP contribution in [0.15, 0.2) is 42.5 Å². The molecule has 1 heteroatoms. The molecule has 0 heterocycles. The van der Waals surface area contributed by atoms with Gasteiger partial charge in [0.05, 0.1) is 0 Å². The highest BCUT2D eigenvalue weighted by Crippen LogP contribution is 2.46. The molecule has 0 atom stereocenters. The Morgan fingerprint density at radius 1 is 1.20 bits per heavy atom. The smallest absolute Gasteiger partial charge is 0.0439 e. The van der Waals surface area contributed by atoms with Gasteiger partial charge in [-0.1, -0.05) is 55.3 Å². The Balaban J connectivity index is 2.39. The predicted molar refractivity (Wildman–Crippen MR) is 66.4 cm³/mol. The summed E-state index contributed by atoms with van der Waals surface area (Å²) < 4.78 is 0. The number of benzene rings is 1. The second kappa shape index (κ2) is 4.40. The molecule has 1 aromatic rings. The van der Waals surface area contributed by atoms with Gasteiger partial charge in [-0.3, -0.25) is 0 Å². The van der Waals surface area contributed by atoms with Gasteiger partial charge in [-0.15, -0.1) is 11.6 Å². The fourth-order valence-corrected chi connectivity index (χ4v) is 2.97. The highest BCUT2D eigenvalue weighted by molar-refractivity contribution is 6.19. The molecule has 0 aromatic heterocycles. The molecule has 1 saturated carbocycles. The van der Waals surface area contributed by atoms with Crippen LogP contribution in [-0.4, -0.2) is 5.88 Å². The van der Waals surface area contributed by atoms with Gasteiger partial charge in [0.25, 0.3) is 0 Å². The first-order chi connectivity index (χ1) is 7.29. The zero-order valence-corrected chi connectivity index (χ0v) is 9.76. The molecular formula is C14H17Cl. The Morgan fingerprint density at radius 2 is 1.80 bits per heavy atom. The van der Waals surface area contributed by atoms with Crippen molar-refractivity contribution < 1.29 is 0 Å². The summed E-state index contributed by atoms with van der Waals surface area (Å²) in [6.07, 6.45) is 5.01. The highest BCUT2D eigenvalue weighted by atomic mass is 35.5. The lowest BCUT2D eigenvalue weighted by Gasteiger charge is -2.31. The summed E-state index contributed by atoms with van der Waals surface area (Å²) >= 11 is 5.97. The average Bonchev–Trinajstić information content (AvgIpc) is 2.79. The summed E-state index contributed by atoms with van der Waals surface area (Å²) in [7, 11) is 0. The summed E-state index contributed by atoms with van der Waals surface area (Å²) in [5.74, 6) is 0.578. The molecule has 0 aliphatic heterocycles. The molecule has 1 aliphatic rings. The second-order valence-electron chi connectivity index (χ2n) is 4.39. The second-order valence-corrected chi connectivity index (χ2v) is 4.66. The molecule has 0 saturated heterocycles. The molecule has 0 unspecified atom stereocenters. The molecule has 1 aromatic carbocycles. The maximum absolute atomic E-state index is 5.97. The number of halogens is 1. The van der Waals surface area contributed by atoms with E-state index in [4.69, 9.17) is 11.6 Å². The van der Waals surface area contributed by atoms with Crippen LogP contribution in [0.1, 0.15) is 31.2 Å². The molecule has 0 amide bonds. The zero-order chi connectivity index (χ0) is 10.7. The Morgan fingerprint density at radius 3 is 2.33 bits per heavy atom. The molecule has 2 rings (SSSR count). The largest absolute Gasteiger partial charge is 0.122 e. The molecular weight excluding hydrogens is 204 g/mol. The molecule has 0 bridgehead atoms. The molecule has 15 heavy (non-hydrogen) atoms. The third-order valence-electron chi connectivity index (χ3n) is 3.62. The van der Waals surface area contributed by atoms with Crippen LogP contribution in [0.3, 0.4) is 0 Å². The van der Waals surface area contributed by atoms with Crippen molar-refractivity contribution in [1.82, 2.24) is 0 Å². The van der Waals surface area contributed by atoms with Crippen molar-refractivity contribution in [2.75, 3.05) is 5.88 Å². The van der Waals surface area contributed by atoms with Gasteiger partial charge >= 0.3 is 0 Å². The van der Waals surface area contributed by atoms with E-state index in [0.29, 0.717) is 5.88 Å². The summed E-state index contributed by atoms with van der Waals surface area (Å²) in [5, 5.41) is 0. The molecule has 1 aliphatic carbocycles. The van der Waals surface area contributed by atoms with E-state index in [9.17, 15) is 0 Å². The monoisotopic (exact) mass is 220 g/mol. The summed E-state index contributed by atoms with van der Waals surface area (Å²) in [6.45, 7) is 4.17. The standard InChI is InChI=1S/C14H17Cl/c1-12(11-15)14(9-5-6-10-14)13-7-3-2-4-8-13/h2-4,7-8H,1,5-6,9-11H2. The Kier molecular flexibility index (Phi) is 3.16. The number of alkyl halides is 1. The van der Waals surface area contributed by atoms with Crippen LogP contribution in [0.4, 0.5) is 0 Å². The van der Waals surface area contributed by atoms with Crippen LogP contribution in [0.2, 0.25) is 0 Å². The van der Waals surface area contributed by atoms with Crippen molar-refractivity contribution in [3.8, 4) is 0 Å². The minimum atomic E-state index is 0.170. The maximum Gasteiger partial charge on any atom is 0.0439 e. The zero-order valence-electron chi connectivity index (χ0n) is 9.01. The van der Waals surface area contributed by atoms with E-state index in [1.165, 1.54) is 36.8 Å². The van der Waals surface area contributed by atoms with Crippen LogP contribution < -0.4 is 0 Å². The maximum atomic E-state index is 5.97. The topological polar surface area (TPSA) is 0 Å². The molecule has 0 N–H and O–H groups in total. The predicted octanol–water partition coefficient (Wildman–Crippen LogP) is 4.29. The van der Waals surface area contributed by atoms with Crippen molar-refractivity contribution in [1.29, 1.82) is 0 Å². The van der Waals surface area contributed by atoms with Gasteiger partial charge in [0, 0.05) is 11.3 Å². The van der Waals surface area contributed by atoms with Gasteiger partial charge in [0.1, 0.15) is 0 Å². The van der Waals surface area contributed by atoms with Gasteiger partial charge in [0.2, 0.25) is 0 Å². The lowest BCUT2D eigenvalue weighted by molar-refractivity contribution is 0.525. The van der Waals surface area contributed by atoms with Crippen LogP contribution in [-0.2, 0) is 5.41 Å². The van der Waals surface area contributed by atoms with E-state index < -0.39 is 0 Å². The SMILES string of the molecule is C=C(CCl)C1(c2ccccc2)CCCC1. The Hall–Kier alpha value is -0.750. The molecule has 80 valence electrons. The van der Waals surface area contributed by atoms with Crippen molar-refractivity contribution in [3.63, 3.8) is 0 Å². The van der Waals surface area contributed by atoms with Crippen molar-refractivity contribution in [3.05, 3.63) is 48.0 Å². The summed E-state index contributed by atoms with van der Waals surface area (Å²) in [6, 6.07) is 10.7. The third kappa shape index (κ3) is 1.83. The van der Waals surface area contributed by atoms with Gasteiger partial charge in [-0.2, -0.15) is 0 Å². The fourth-order valence-electron chi connectivity index (χ4n) is 2.71. The quantitative estimate of drug-likeness (QED) is 0.527. The Bertz CT molecular complexity index is 334. The molecule has 0 nitrogen and oxygen atoms in total. The first-order valence-electron chi connectivity index (χ1n) is 5.59. The van der Waals surface area contributed by atoms with Crippen molar-refractivity contribution in [2.45, 2.75) is 31.1 Å². The van der Waals surface area contributed by atoms with E-state index in [-0.39, 0.29) is 5.41 Å². The van der Waals surface area contributed by atoms with Crippen molar-refractivity contribution >= 4 is 11.6 Å². The average molecular weight is 221 g/mol. The first kappa shape index (κ1) is 10.8. The van der Waals surface area contributed by atoms with Crippen molar-refractivity contribution in [2.24, 2.45) is 0 Å². The van der Waals surface area contributed by atoms with E-state index in [0.717, 1.165) is 0 Å². The van der Waals surface area contributed by atoms with E-state index in [1.807, 2.05) is 0 Å². The Labute approximate surface area is 97.0 Å². The number of allylic oxidation sites excluding steroid dienone is 1. The molecule has 0 spiro atoms. The summed E-state index contributed by atoms with van der Waals surface area (Å²) in [4.78, 5) is 0. The minimum absolute atomic E-state index is 0.170. The normalized spacial score (nSPS) is 19.0. The summed E-state index contributed by atoms with van der Waals surface area (Å²) in [5.41, 5.74) is 2.75. The van der Waals surface area contributed by atoms with Crippen LogP contribution in [0, 0.1) is 0 Å². The lowest BCUT2D eigenvalue weighted by atomic mass is 9.74. The van der Waals surface area contributed by atoms with E-state index in [1.54, 1.807) is 0 Å². The molecule has 0 radical (unpaired) electrons. The highest BCUT2D eigenvalue weighted by Gasteiger charge is 2.37. The molecule has 1 fully saturated rings. The van der Waals surface area contributed by atoms with Gasteiger partial charge in [0.15, 0.2) is 0 Å². The van der Waals surface area contributed by atoms with Gasteiger partial charge < -0.3 is 0 Å². The fraction of sp³-hybridized carbons (Fsp3) is 0.429. The third-order valence-corrected chi connectivity index (χ3v) is 3.94. The number of hydrogen-bond donors (Lipinski definition) is 0. The van der Waals surface area contributed by atoms with E-state index >= 15 is 0 Å². The number of hydrogen-bond acceptors (Lipinski definition) is 0. The van der Waals surface area contributed by atoms with Crippen LogP contribution in [0.5, 0.6) is 0 Å². The van der Waals surface area contributed by atoms with Crippen LogP contribution in [0.25, 0.3) is 0 Å². The van der Waals surface area contributed by atoms with Gasteiger partial charge in [-0.05, 0) is 18.4 Å².